The zero-order chi connectivity index (χ0) is 22.9. The maximum Gasteiger partial charge on any atom is 0.266 e. The molecule has 0 saturated carbocycles. The summed E-state index contributed by atoms with van der Waals surface area (Å²) in [4.78, 5) is 33.6. The van der Waals surface area contributed by atoms with Crippen LogP contribution in [-0.2, 0) is 0 Å². The van der Waals surface area contributed by atoms with E-state index in [-0.39, 0.29) is 11.5 Å². The molecule has 1 amide bonds. The van der Waals surface area contributed by atoms with Crippen LogP contribution in [0.2, 0.25) is 0 Å². The van der Waals surface area contributed by atoms with Crippen molar-refractivity contribution in [3.05, 3.63) is 119 Å². The molecule has 1 atom stereocenters. The van der Waals surface area contributed by atoms with Gasteiger partial charge in [-0.15, -0.1) is 0 Å². The van der Waals surface area contributed by atoms with Crippen molar-refractivity contribution in [1.82, 2.24) is 14.5 Å². The fourth-order valence-electron chi connectivity index (χ4n) is 4.21. The topological polar surface area (TPSA) is 55.2 Å². The van der Waals surface area contributed by atoms with E-state index in [0.29, 0.717) is 28.0 Å². The van der Waals surface area contributed by atoms with Gasteiger partial charge in [0.05, 0.1) is 22.6 Å². The fraction of sp³-hybridized carbons (Fsp3) is 0.107. The predicted octanol–water partition coefficient (Wildman–Crippen LogP) is 5.37. The van der Waals surface area contributed by atoms with Gasteiger partial charge in [-0.3, -0.25) is 14.2 Å². The number of amides is 1. The highest BCUT2D eigenvalue weighted by Crippen LogP contribution is 2.26. The van der Waals surface area contributed by atoms with Crippen LogP contribution < -0.4 is 5.56 Å². The van der Waals surface area contributed by atoms with Crippen LogP contribution in [0.4, 0.5) is 0 Å². The van der Waals surface area contributed by atoms with E-state index in [2.05, 4.69) is 0 Å². The Kier molecular flexibility index (Phi) is 5.23. The molecule has 0 saturated heterocycles. The fourth-order valence-corrected chi connectivity index (χ4v) is 4.21. The van der Waals surface area contributed by atoms with Gasteiger partial charge in [-0.05, 0) is 48.0 Å². The Labute approximate surface area is 191 Å². The average Bonchev–Trinajstić information content (AvgIpc) is 2.87. The molecule has 0 radical (unpaired) electrons. The highest BCUT2D eigenvalue weighted by molar-refractivity contribution is 6.07. The molecule has 5 nitrogen and oxygen atoms in total. The molecule has 5 heteroatoms. The molecule has 1 heterocycles. The van der Waals surface area contributed by atoms with Crippen molar-refractivity contribution >= 4 is 27.6 Å². The lowest BCUT2D eigenvalue weighted by Gasteiger charge is -2.27. The molecule has 5 rings (SSSR count). The van der Waals surface area contributed by atoms with Gasteiger partial charge in [0.2, 0.25) is 0 Å². The lowest BCUT2D eigenvalue weighted by Crippen LogP contribution is -2.35. The van der Waals surface area contributed by atoms with E-state index in [0.717, 1.165) is 10.8 Å². The SMILES string of the molecule is CC(c1nc2ccccc2c(=O)n1-c1ccccc1)N(C)C(=O)c1cccc2ccccc12. The van der Waals surface area contributed by atoms with E-state index in [1.165, 1.54) is 0 Å². The molecule has 162 valence electrons. The van der Waals surface area contributed by atoms with Crippen LogP contribution in [0.1, 0.15) is 29.1 Å². The Bertz CT molecular complexity index is 1530. The lowest BCUT2D eigenvalue weighted by atomic mass is 10.0. The second kappa shape index (κ2) is 8.36. The van der Waals surface area contributed by atoms with Gasteiger partial charge in [-0.25, -0.2) is 4.98 Å². The van der Waals surface area contributed by atoms with E-state index < -0.39 is 6.04 Å². The number of hydrogen-bond donors (Lipinski definition) is 0. The second-order valence-corrected chi connectivity index (χ2v) is 8.08. The molecule has 0 aliphatic carbocycles. The smallest absolute Gasteiger partial charge is 0.266 e. The van der Waals surface area contributed by atoms with Crippen molar-refractivity contribution in [2.24, 2.45) is 0 Å². The quantitative estimate of drug-likeness (QED) is 0.383. The van der Waals surface area contributed by atoms with Gasteiger partial charge in [0, 0.05) is 12.6 Å². The van der Waals surface area contributed by atoms with Gasteiger partial charge in [0.25, 0.3) is 11.5 Å². The predicted molar refractivity (Wildman–Crippen MR) is 132 cm³/mol. The number of rotatable bonds is 4. The summed E-state index contributed by atoms with van der Waals surface area (Å²) in [5.41, 5.74) is 1.80. The largest absolute Gasteiger partial charge is 0.332 e. The summed E-state index contributed by atoms with van der Waals surface area (Å²) in [5, 5.41) is 2.45. The first kappa shape index (κ1) is 20.6. The molecule has 0 fully saturated rings. The molecule has 4 aromatic carbocycles. The minimum Gasteiger partial charge on any atom is -0.332 e. The van der Waals surface area contributed by atoms with Gasteiger partial charge in [0.1, 0.15) is 5.82 Å². The number of aromatic nitrogens is 2. The molecule has 1 unspecified atom stereocenters. The van der Waals surface area contributed by atoms with Crippen LogP contribution in [0.5, 0.6) is 0 Å². The monoisotopic (exact) mass is 433 g/mol. The Morgan fingerprint density at radius 1 is 0.818 bits per heavy atom. The van der Waals surface area contributed by atoms with E-state index in [9.17, 15) is 9.59 Å². The van der Waals surface area contributed by atoms with Gasteiger partial charge < -0.3 is 4.90 Å². The molecular weight excluding hydrogens is 410 g/mol. The normalized spacial score (nSPS) is 12.1. The minimum atomic E-state index is -0.450. The first-order valence-electron chi connectivity index (χ1n) is 10.9. The summed E-state index contributed by atoms with van der Waals surface area (Å²) in [6, 6.07) is 29.8. The van der Waals surface area contributed by atoms with Crippen LogP contribution >= 0.6 is 0 Å². The summed E-state index contributed by atoms with van der Waals surface area (Å²) in [7, 11) is 1.76. The molecule has 0 bridgehead atoms. The van der Waals surface area contributed by atoms with Crippen LogP contribution in [0, 0.1) is 0 Å². The van der Waals surface area contributed by atoms with Crippen molar-refractivity contribution in [2.75, 3.05) is 7.05 Å². The summed E-state index contributed by atoms with van der Waals surface area (Å²) in [6.45, 7) is 1.90. The number of nitrogens with zero attached hydrogens (tertiary/aromatic N) is 3. The highest BCUT2D eigenvalue weighted by Gasteiger charge is 2.25. The summed E-state index contributed by atoms with van der Waals surface area (Å²) < 4.78 is 1.61. The molecular formula is C28H23N3O2. The van der Waals surface area contributed by atoms with Crippen molar-refractivity contribution < 1.29 is 4.79 Å². The van der Waals surface area contributed by atoms with Crippen molar-refractivity contribution in [1.29, 1.82) is 0 Å². The average molecular weight is 434 g/mol. The van der Waals surface area contributed by atoms with E-state index in [1.54, 1.807) is 22.6 Å². The van der Waals surface area contributed by atoms with E-state index in [4.69, 9.17) is 4.98 Å². The summed E-state index contributed by atoms with van der Waals surface area (Å²) in [6.07, 6.45) is 0. The highest BCUT2D eigenvalue weighted by atomic mass is 16.2. The van der Waals surface area contributed by atoms with E-state index >= 15 is 0 Å². The van der Waals surface area contributed by atoms with Crippen LogP contribution in [0.15, 0.2) is 102 Å². The third-order valence-electron chi connectivity index (χ3n) is 6.11. The number of carbonyl (C=O) groups excluding carboxylic acids is 1. The summed E-state index contributed by atoms with van der Waals surface area (Å²) >= 11 is 0. The number of carbonyl (C=O) groups is 1. The van der Waals surface area contributed by atoms with Crippen LogP contribution in [0.25, 0.3) is 27.4 Å². The van der Waals surface area contributed by atoms with Gasteiger partial charge in [-0.1, -0.05) is 66.7 Å². The zero-order valence-corrected chi connectivity index (χ0v) is 18.5. The maximum absolute atomic E-state index is 13.6. The number of benzene rings is 4. The minimum absolute atomic E-state index is 0.124. The van der Waals surface area contributed by atoms with Crippen LogP contribution in [0.3, 0.4) is 0 Å². The number of para-hydroxylation sites is 2. The lowest BCUT2D eigenvalue weighted by molar-refractivity contribution is 0.0737. The van der Waals surface area contributed by atoms with Crippen LogP contribution in [-0.4, -0.2) is 27.4 Å². The maximum atomic E-state index is 13.6. The van der Waals surface area contributed by atoms with E-state index in [1.807, 2.05) is 97.9 Å². The Morgan fingerprint density at radius 3 is 2.24 bits per heavy atom. The number of fused-ring (bicyclic) bond motifs is 2. The first-order chi connectivity index (χ1) is 16.1. The molecule has 33 heavy (non-hydrogen) atoms. The third kappa shape index (κ3) is 3.57. The summed E-state index contributed by atoms with van der Waals surface area (Å²) in [5.74, 6) is 0.391. The molecule has 0 spiro atoms. The van der Waals surface area contributed by atoms with Crippen molar-refractivity contribution in [2.45, 2.75) is 13.0 Å². The molecule has 0 aliphatic heterocycles. The zero-order valence-electron chi connectivity index (χ0n) is 18.5. The van der Waals surface area contributed by atoms with Gasteiger partial charge in [0.15, 0.2) is 0 Å². The molecule has 0 N–H and O–H groups in total. The van der Waals surface area contributed by atoms with Gasteiger partial charge in [-0.2, -0.15) is 0 Å². The van der Waals surface area contributed by atoms with Crippen molar-refractivity contribution in [3.8, 4) is 5.69 Å². The standard InChI is InChI=1S/C28H23N3O2/c1-19(30(2)27(32)23-17-10-12-20-11-6-7-15-22(20)23)26-29-25-18-9-8-16-24(25)28(33)31(26)21-13-4-3-5-14-21/h3-19H,1-2H3. The second-order valence-electron chi connectivity index (χ2n) is 8.08. The number of hydrogen-bond acceptors (Lipinski definition) is 3. The Balaban J connectivity index is 1.65. The molecule has 0 aliphatic rings. The molecule has 1 aromatic heterocycles. The third-order valence-corrected chi connectivity index (χ3v) is 6.11. The Hall–Kier alpha value is -4.25. The molecule has 5 aromatic rings. The first-order valence-corrected chi connectivity index (χ1v) is 10.9. The Morgan fingerprint density at radius 2 is 1.45 bits per heavy atom. The van der Waals surface area contributed by atoms with Crippen molar-refractivity contribution in [3.63, 3.8) is 0 Å². The van der Waals surface area contributed by atoms with Gasteiger partial charge >= 0.3 is 0 Å².